The maximum absolute atomic E-state index is 10.7. The number of nitrogens with zero attached hydrogens (tertiary/aromatic N) is 6. The third-order valence-corrected chi connectivity index (χ3v) is 5.78. The van der Waals surface area contributed by atoms with Crippen LogP contribution in [0.2, 0.25) is 0 Å². The summed E-state index contributed by atoms with van der Waals surface area (Å²) in [7, 11) is 0. The van der Waals surface area contributed by atoms with Crippen LogP contribution < -0.4 is 10.2 Å². The Balaban J connectivity index is 1.54. The van der Waals surface area contributed by atoms with Crippen LogP contribution in [0.3, 0.4) is 0 Å². The van der Waals surface area contributed by atoms with Crippen molar-refractivity contribution in [3.05, 3.63) is 54.2 Å². The molecule has 2 aliphatic heterocycles. The molecule has 2 aliphatic rings. The number of aromatic nitrogens is 5. The van der Waals surface area contributed by atoms with Crippen molar-refractivity contribution in [3.63, 3.8) is 0 Å². The van der Waals surface area contributed by atoms with Crippen LogP contribution in [-0.4, -0.2) is 48.2 Å². The summed E-state index contributed by atoms with van der Waals surface area (Å²) in [6, 6.07) is 9.72. The lowest BCUT2D eigenvalue weighted by atomic mass is 9.89. The van der Waals surface area contributed by atoms with Crippen LogP contribution in [0.1, 0.15) is 37.6 Å². The molecule has 0 aliphatic carbocycles. The standard InChI is InChI=1S/C21H21N7O/c1-2-21-11-6-12-27(21)18-16(25-19(21)29)13-22-20(26-18)28-17(23-14-24-28)10-9-15-7-4-3-5-8-15/h3-5,7-8,13-14,19,25,29H,2,6,11-12H2,1H3. The summed E-state index contributed by atoms with van der Waals surface area (Å²) in [5.74, 6) is 7.82. The quantitative estimate of drug-likeness (QED) is 0.649. The SMILES string of the molecule is CCC12CCCN1c1nc(-n3ncnc3C#Cc3ccccc3)ncc1NC2O. The van der Waals surface area contributed by atoms with Crippen LogP contribution in [0.5, 0.6) is 0 Å². The molecule has 0 spiro atoms. The van der Waals surface area contributed by atoms with Crippen molar-refractivity contribution in [1.29, 1.82) is 0 Å². The molecule has 8 heteroatoms. The molecule has 146 valence electrons. The molecule has 2 N–H and O–H groups in total. The predicted octanol–water partition coefficient (Wildman–Crippen LogP) is 1.95. The monoisotopic (exact) mass is 387 g/mol. The maximum atomic E-state index is 10.7. The highest BCUT2D eigenvalue weighted by Gasteiger charge is 2.50. The Kier molecular flexibility index (Phi) is 4.18. The number of hydrogen-bond donors (Lipinski definition) is 2. The fourth-order valence-electron chi connectivity index (χ4n) is 4.24. The number of nitrogens with one attached hydrogen (secondary N) is 1. The molecule has 5 rings (SSSR count). The topological polar surface area (TPSA) is 92.0 Å². The first kappa shape index (κ1) is 17.6. The zero-order valence-corrected chi connectivity index (χ0v) is 16.1. The average molecular weight is 387 g/mol. The van der Waals surface area contributed by atoms with Gasteiger partial charge in [-0.25, -0.2) is 9.97 Å². The van der Waals surface area contributed by atoms with Crippen LogP contribution in [-0.2, 0) is 0 Å². The minimum absolute atomic E-state index is 0.336. The largest absolute Gasteiger partial charge is 0.371 e. The Hall–Kier alpha value is -3.44. The average Bonchev–Trinajstić information content (AvgIpc) is 3.41. The highest BCUT2D eigenvalue weighted by molar-refractivity contribution is 5.71. The molecule has 1 fully saturated rings. The van der Waals surface area contributed by atoms with Gasteiger partial charge in [-0.2, -0.15) is 14.8 Å². The van der Waals surface area contributed by atoms with Crippen LogP contribution in [0.4, 0.5) is 11.5 Å². The van der Waals surface area contributed by atoms with Crippen molar-refractivity contribution in [1.82, 2.24) is 24.7 Å². The van der Waals surface area contributed by atoms with Gasteiger partial charge in [0.25, 0.3) is 5.95 Å². The van der Waals surface area contributed by atoms with Crippen LogP contribution in [0.25, 0.3) is 5.95 Å². The van der Waals surface area contributed by atoms with Gasteiger partial charge in [0.15, 0.2) is 5.82 Å². The number of anilines is 2. The van der Waals surface area contributed by atoms with Gasteiger partial charge >= 0.3 is 0 Å². The zero-order chi connectivity index (χ0) is 19.8. The van der Waals surface area contributed by atoms with Crippen molar-refractivity contribution in [2.75, 3.05) is 16.8 Å². The number of fused-ring (bicyclic) bond motifs is 3. The molecular formula is C21H21N7O. The fraction of sp³-hybridized carbons (Fsp3) is 0.333. The minimum Gasteiger partial charge on any atom is -0.371 e. The maximum Gasteiger partial charge on any atom is 0.255 e. The normalized spacial score (nSPS) is 22.3. The molecule has 0 radical (unpaired) electrons. The van der Waals surface area contributed by atoms with Gasteiger partial charge in [0.05, 0.1) is 17.4 Å². The summed E-state index contributed by atoms with van der Waals surface area (Å²) in [5, 5.41) is 18.1. The predicted molar refractivity (Wildman–Crippen MR) is 109 cm³/mol. The van der Waals surface area contributed by atoms with E-state index in [2.05, 4.69) is 44.0 Å². The lowest BCUT2D eigenvalue weighted by Crippen LogP contribution is -2.59. The molecule has 2 unspecified atom stereocenters. The molecule has 0 bridgehead atoms. The second kappa shape index (κ2) is 6.87. The smallest absolute Gasteiger partial charge is 0.255 e. The first-order valence-corrected chi connectivity index (χ1v) is 9.78. The molecule has 2 aromatic heterocycles. The molecule has 8 nitrogen and oxygen atoms in total. The Morgan fingerprint density at radius 2 is 2.10 bits per heavy atom. The summed E-state index contributed by atoms with van der Waals surface area (Å²) >= 11 is 0. The van der Waals surface area contributed by atoms with Gasteiger partial charge < -0.3 is 15.3 Å². The van der Waals surface area contributed by atoms with Crippen LogP contribution in [0.15, 0.2) is 42.9 Å². The van der Waals surface area contributed by atoms with Gasteiger partial charge in [-0.15, -0.1) is 0 Å². The molecule has 1 saturated heterocycles. The highest BCUT2D eigenvalue weighted by Crippen LogP contribution is 2.45. The van der Waals surface area contributed by atoms with Gasteiger partial charge in [-0.1, -0.05) is 31.0 Å². The van der Waals surface area contributed by atoms with E-state index >= 15 is 0 Å². The van der Waals surface area contributed by atoms with Gasteiger partial charge in [0, 0.05) is 12.1 Å². The fourth-order valence-corrected chi connectivity index (χ4v) is 4.24. The number of aliphatic hydroxyl groups excluding tert-OH is 1. The number of benzene rings is 1. The highest BCUT2D eigenvalue weighted by atomic mass is 16.3. The van der Waals surface area contributed by atoms with Crippen LogP contribution >= 0.6 is 0 Å². The van der Waals surface area contributed by atoms with E-state index in [-0.39, 0.29) is 5.54 Å². The zero-order valence-electron chi connectivity index (χ0n) is 16.1. The van der Waals surface area contributed by atoms with Gasteiger partial charge in [0.1, 0.15) is 12.6 Å². The molecule has 0 saturated carbocycles. The van der Waals surface area contributed by atoms with E-state index in [1.54, 1.807) is 10.9 Å². The first-order valence-electron chi connectivity index (χ1n) is 9.78. The van der Waals surface area contributed by atoms with Crippen molar-refractivity contribution < 1.29 is 5.11 Å². The molecule has 0 amide bonds. The Labute approximate surface area is 168 Å². The molecule has 1 aromatic carbocycles. The lowest BCUT2D eigenvalue weighted by Gasteiger charge is -2.47. The van der Waals surface area contributed by atoms with E-state index in [1.807, 2.05) is 30.3 Å². The number of hydrogen-bond acceptors (Lipinski definition) is 7. The number of aliphatic hydroxyl groups is 1. The summed E-state index contributed by atoms with van der Waals surface area (Å²) in [4.78, 5) is 15.7. The summed E-state index contributed by atoms with van der Waals surface area (Å²) < 4.78 is 1.55. The van der Waals surface area contributed by atoms with Crippen molar-refractivity contribution in [2.45, 2.75) is 38.0 Å². The van der Waals surface area contributed by atoms with E-state index in [1.165, 1.54) is 6.33 Å². The lowest BCUT2D eigenvalue weighted by molar-refractivity contribution is 0.102. The molecule has 29 heavy (non-hydrogen) atoms. The van der Waals surface area contributed by atoms with E-state index in [0.717, 1.165) is 42.9 Å². The molecule has 2 atom stereocenters. The molecule has 4 heterocycles. The summed E-state index contributed by atoms with van der Waals surface area (Å²) in [5.41, 5.74) is 1.29. The Morgan fingerprint density at radius 1 is 1.24 bits per heavy atom. The van der Waals surface area contributed by atoms with Gasteiger partial charge in [0.2, 0.25) is 5.82 Å². The second-order valence-electron chi connectivity index (χ2n) is 7.28. The summed E-state index contributed by atoms with van der Waals surface area (Å²) in [6.45, 7) is 2.96. The third kappa shape index (κ3) is 2.82. The number of rotatable bonds is 2. The van der Waals surface area contributed by atoms with Crippen LogP contribution in [0, 0.1) is 11.8 Å². The third-order valence-electron chi connectivity index (χ3n) is 5.78. The van der Waals surface area contributed by atoms with E-state index in [0.29, 0.717) is 11.8 Å². The van der Waals surface area contributed by atoms with E-state index in [4.69, 9.17) is 4.98 Å². The molecule has 3 aromatic rings. The van der Waals surface area contributed by atoms with Crippen molar-refractivity contribution >= 4 is 11.5 Å². The van der Waals surface area contributed by atoms with E-state index in [9.17, 15) is 5.11 Å². The van der Waals surface area contributed by atoms with Crippen molar-refractivity contribution in [3.8, 4) is 17.8 Å². The molecular weight excluding hydrogens is 366 g/mol. The second-order valence-corrected chi connectivity index (χ2v) is 7.28. The first-order chi connectivity index (χ1) is 14.2. The van der Waals surface area contributed by atoms with Crippen molar-refractivity contribution in [2.24, 2.45) is 0 Å². The Morgan fingerprint density at radius 3 is 2.93 bits per heavy atom. The van der Waals surface area contributed by atoms with Gasteiger partial charge in [-0.05, 0) is 37.3 Å². The summed E-state index contributed by atoms with van der Waals surface area (Å²) in [6.07, 6.45) is 5.27. The van der Waals surface area contributed by atoms with E-state index < -0.39 is 6.23 Å². The Bertz CT molecular complexity index is 1100. The minimum atomic E-state index is -0.643. The van der Waals surface area contributed by atoms with Gasteiger partial charge in [-0.3, -0.25) is 0 Å².